The second-order valence-corrected chi connectivity index (χ2v) is 5.15. The van der Waals surface area contributed by atoms with Crippen LogP contribution >= 0.6 is 34.5 Å². The molecule has 0 saturated carbocycles. The molecular weight excluding hydrogens is 263 g/mol. The van der Waals surface area contributed by atoms with E-state index in [-0.39, 0.29) is 6.04 Å². The minimum atomic E-state index is -0.192. The topological polar surface area (TPSA) is 38.9 Å². The molecule has 2 nitrogen and oxygen atoms in total. The SMILES string of the molecule is Cc1ncsc1C(N)c1ccc(Cl)c(Cl)c1. The zero-order chi connectivity index (χ0) is 11.7. The number of rotatable bonds is 2. The van der Waals surface area contributed by atoms with Gasteiger partial charge in [0.05, 0.1) is 27.3 Å². The molecule has 0 spiro atoms. The molecule has 0 aliphatic rings. The Morgan fingerprint density at radius 3 is 2.62 bits per heavy atom. The monoisotopic (exact) mass is 272 g/mol. The van der Waals surface area contributed by atoms with Crippen LogP contribution in [0.3, 0.4) is 0 Å². The lowest BCUT2D eigenvalue weighted by Crippen LogP contribution is -2.11. The van der Waals surface area contributed by atoms with E-state index in [0.717, 1.165) is 16.1 Å². The van der Waals surface area contributed by atoms with Crippen LogP contribution < -0.4 is 5.73 Å². The lowest BCUT2D eigenvalue weighted by atomic mass is 10.1. The zero-order valence-electron chi connectivity index (χ0n) is 8.58. The van der Waals surface area contributed by atoms with Crippen LogP contribution in [0.1, 0.15) is 22.2 Å². The largest absolute Gasteiger partial charge is 0.320 e. The second kappa shape index (κ2) is 4.72. The average molecular weight is 273 g/mol. The van der Waals surface area contributed by atoms with Crippen molar-refractivity contribution in [2.75, 3.05) is 0 Å². The summed E-state index contributed by atoms with van der Waals surface area (Å²) in [6.45, 7) is 1.95. The van der Waals surface area contributed by atoms with Crippen LogP contribution in [0.4, 0.5) is 0 Å². The number of thiazole rings is 1. The molecule has 2 N–H and O–H groups in total. The van der Waals surface area contributed by atoms with Crippen molar-refractivity contribution in [2.45, 2.75) is 13.0 Å². The Morgan fingerprint density at radius 1 is 1.31 bits per heavy atom. The first-order valence-electron chi connectivity index (χ1n) is 4.70. The maximum absolute atomic E-state index is 6.15. The Kier molecular flexibility index (Phi) is 3.50. The maximum Gasteiger partial charge on any atom is 0.0798 e. The third-order valence-corrected chi connectivity index (χ3v) is 4.12. The zero-order valence-corrected chi connectivity index (χ0v) is 10.9. The third-order valence-electron chi connectivity index (χ3n) is 2.37. The Labute approximate surface area is 108 Å². The molecule has 0 saturated heterocycles. The third kappa shape index (κ3) is 2.23. The van der Waals surface area contributed by atoms with Crippen LogP contribution in [0.5, 0.6) is 0 Å². The standard InChI is InChI=1S/C11H10Cl2N2S/c1-6-11(16-5-15-6)10(14)7-2-3-8(12)9(13)4-7/h2-5,10H,14H2,1H3. The molecule has 1 aromatic heterocycles. The summed E-state index contributed by atoms with van der Waals surface area (Å²) in [5.41, 5.74) is 9.85. The number of aromatic nitrogens is 1. The van der Waals surface area contributed by atoms with Gasteiger partial charge in [-0.1, -0.05) is 29.3 Å². The molecule has 1 heterocycles. The van der Waals surface area contributed by atoms with E-state index in [1.807, 2.05) is 13.0 Å². The first-order valence-corrected chi connectivity index (χ1v) is 6.33. The van der Waals surface area contributed by atoms with Crippen molar-refractivity contribution in [3.8, 4) is 0 Å². The molecule has 0 radical (unpaired) electrons. The highest BCUT2D eigenvalue weighted by atomic mass is 35.5. The molecule has 2 rings (SSSR count). The van der Waals surface area contributed by atoms with Gasteiger partial charge in [-0.2, -0.15) is 0 Å². The summed E-state index contributed by atoms with van der Waals surface area (Å²) in [5.74, 6) is 0. The maximum atomic E-state index is 6.15. The molecular formula is C11H10Cl2N2S. The fraction of sp³-hybridized carbons (Fsp3) is 0.182. The van der Waals surface area contributed by atoms with Crippen LogP contribution in [0.25, 0.3) is 0 Å². The summed E-state index contributed by atoms with van der Waals surface area (Å²) >= 11 is 13.4. The summed E-state index contributed by atoms with van der Waals surface area (Å²) in [7, 11) is 0. The highest BCUT2D eigenvalue weighted by Gasteiger charge is 2.14. The molecule has 16 heavy (non-hydrogen) atoms. The van der Waals surface area contributed by atoms with Gasteiger partial charge in [0.2, 0.25) is 0 Å². The van der Waals surface area contributed by atoms with Gasteiger partial charge in [0, 0.05) is 4.88 Å². The summed E-state index contributed by atoms with van der Waals surface area (Å²) < 4.78 is 0. The predicted octanol–water partition coefficient (Wildman–Crippen LogP) is 3.81. The van der Waals surface area contributed by atoms with E-state index in [9.17, 15) is 0 Å². The van der Waals surface area contributed by atoms with Gasteiger partial charge in [0.1, 0.15) is 0 Å². The van der Waals surface area contributed by atoms with Crippen molar-refractivity contribution in [1.29, 1.82) is 0 Å². The molecule has 1 atom stereocenters. The Bertz CT molecular complexity index is 510. The highest BCUT2D eigenvalue weighted by molar-refractivity contribution is 7.09. The summed E-state index contributed by atoms with van der Waals surface area (Å²) in [5, 5.41) is 1.07. The molecule has 0 amide bonds. The van der Waals surface area contributed by atoms with E-state index in [1.165, 1.54) is 0 Å². The van der Waals surface area contributed by atoms with E-state index < -0.39 is 0 Å². The Hall–Kier alpha value is -0.610. The minimum Gasteiger partial charge on any atom is -0.320 e. The summed E-state index contributed by atoms with van der Waals surface area (Å²) in [6, 6.07) is 5.25. The van der Waals surface area contributed by atoms with Gasteiger partial charge >= 0.3 is 0 Å². The molecule has 84 valence electrons. The van der Waals surface area contributed by atoms with Gasteiger partial charge in [-0.25, -0.2) is 4.98 Å². The summed E-state index contributed by atoms with van der Waals surface area (Å²) in [4.78, 5) is 5.24. The van der Waals surface area contributed by atoms with Crippen LogP contribution in [0.15, 0.2) is 23.7 Å². The van der Waals surface area contributed by atoms with Crippen LogP contribution in [0.2, 0.25) is 10.0 Å². The summed E-state index contributed by atoms with van der Waals surface area (Å²) in [6.07, 6.45) is 0. The number of halogens is 2. The van der Waals surface area contributed by atoms with E-state index in [0.29, 0.717) is 10.0 Å². The lowest BCUT2D eigenvalue weighted by Gasteiger charge is -2.11. The van der Waals surface area contributed by atoms with Crippen molar-refractivity contribution in [1.82, 2.24) is 4.98 Å². The van der Waals surface area contributed by atoms with Crippen molar-refractivity contribution in [3.63, 3.8) is 0 Å². The van der Waals surface area contributed by atoms with Gasteiger partial charge in [-0.05, 0) is 24.6 Å². The van der Waals surface area contributed by atoms with E-state index >= 15 is 0 Å². The van der Waals surface area contributed by atoms with Crippen LogP contribution in [0, 0.1) is 6.92 Å². The molecule has 2 aromatic rings. The van der Waals surface area contributed by atoms with E-state index in [2.05, 4.69) is 4.98 Å². The van der Waals surface area contributed by atoms with Gasteiger partial charge in [-0.15, -0.1) is 11.3 Å². The smallest absolute Gasteiger partial charge is 0.0798 e. The van der Waals surface area contributed by atoms with Gasteiger partial charge < -0.3 is 5.73 Å². The lowest BCUT2D eigenvalue weighted by molar-refractivity contribution is 0.877. The molecule has 0 aliphatic heterocycles. The quantitative estimate of drug-likeness (QED) is 0.903. The number of benzene rings is 1. The molecule has 1 unspecified atom stereocenters. The Morgan fingerprint density at radius 2 is 2.06 bits per heavy atom. The first kappa shape index (κ1) is 11.9. The van der Waals surface area contributed by atoms with Gasteiger partial charge in [0.15, 0.2) is 0 Å². The number of nitrogens with zero attached hydrogens (tertiary/aromatic N) is 1. The fourth-order valence-electron chi connectivity index (χ4n) is 1.47. The first-order chi connectivity index (χ1) is 7.59. The van der Waals surface area contributed by atoms with Gasteiger partial charge in [-0.3, -0.25) is 0 Å². The minimum absolute atomic E-state index is 0.192. The number of nitrogens with two attached hydrogens (primary N) is 1. The van der Waals surface area contributed by atoms with Crippen molar-refractivity contribution >= 4 is 34.5 Å². The molecule has 1 aromatic carbocycles. The normalized spacial score (nSPS) is 12.8. The molecule has 0 bridgehead atoms. The Balaban J connectivity index is 2.38. The van der Waals surface area contributed by atoms with Crippen molar-refractivity contribution in [3.05, 3.63) is 49.9 Å². The van der Waals surface area contributed by atoms with Gasteiger partial charge in [0.25, 0.3) is 0 Å². The highest BCUT2D eigenvalue weighted by Crippen LogP contribution is 2.30. The van der Waals surface area contributed by atoms with E-state index in [1.54, 1.807) is 29.0 Å². The van der Waals surface area contributed by atoms with Crippen LogP contribution in [-0.4, -0.2) is 4.98 Å². The fourth-order valence-corrected chi connectivity index (χ4v) is 2.60. The molecule has 0 aliphatic carbocycles. The number of hydrogen-bond acceptors (Lipinski definition) is 3. The molecule has 5 heteroatoms. The number of hydrogen-bond donors (Lipinski definition) is 1. The number of aryl methyl sites for hydroxylation is 1. The van der Waals surface area contributed by atoms with Crippen molar-refractivity contribution < 1.29 is 0 Å². The van der Waals surface area contributed by atoms with E-state index in [4.69, 9.17) is 28.9 Å². The predicted molar refractivity (Wildman–Crippen MR) is 69.3 cm³/mol. The van der Waals surface area contributed by atoms with Crippen LogP contribution in [-0.2, 0) is 0 Å². The van der Waals surface area contributed by atoms with Crippen molar-refractivity contribution in [2.24, 2.45) is 5.73 Å². The average Bonchev–Trinajstić information content (AvgIpc) is 2.67. The second-order valence-electron chi connectivity index (χ2n) is 3.45. The molecule has 0 fully saturated rings.